The van der Waals surface area contributed by atoms with Crippen molar-refractivity contribution in [3.63, 3.8) is 0 Å². The summed E-state index contributed by atoms with van der Waals surface area (Å²) in [5, 5.41) is 3.39. The number of aromatic amines is 1. The molecule has 0 saturated carbocycles. The molecule has 1 aliphatic rings. The Balaban J connectivity index is 1.43. The molecule has 23 heavy (non-hydrogen) atoms. The number of nitrogens with one attached hydrogen (secondary N) is 2. The predicted molar refractivity (Wildman–Crippen MR) is 88.3 cm³/mol. The van der Waals surface area contributed by atoms with Crippen LogP contribution in [0, 0.1) is 0 Å². The van der Waals surface area contributed by atoms with Gasteiger partial charge < -0.3 is 15.2 Å². The van der Waals surface area contributed by atoms with Gasteiger partial charge in [0.05, 0.1) is 11.0 Å². The van der Waals surface area contributed by atoms with Crippen molar-refractivity contribution in [1.29, 1.82) is 0 Å². The van der Waals surface area contributed by atoms with Gasteiger partial charge in [-0.05, 0) is 30.7 Å². The van der Waals surface area contributed by atoms with Crippen molar-refractivity contribution in [1.82, 2.24) is 19.9 Å². The Morgan fingerprint density at radius 3 is 2.87 bits per heavy atom. The maximum absolute atomic E-state index is 12.4. The molecule has 1 aromatic carbocycles. The van der Waals surface area contributed by atoms with Crippen molar-refractivity contribution in [3.8, 4) is 0 Å². The summed E-state index contributed by atoms with van der Waals surface area (Å²) >= 11 is 0. The first-order valence-electron chi connectivity index (χ1n) is 7.70. The van der Waals surface area contributed by atoms with Crippen LogP contribution in [-0.2, 0) is 0 Å². The van der Waals surface area contributed by atoms with Gasteiger partial charge in [-0.3, -0.25) is 9.78 Å². The summed E-state index contributed by atoms with van der Waals surface area (Å²) in [7, 11) is 0. The largest absolute Gasteiger partial charge is 0.351 e. The van der Waals surface area contributed by atoms with E-state index in [1.165, 1.54) is 0 Å². The standard InChI is InChI=1S/C17H17N5O/c23-16(12-5-8-18-9-6-12)22-10-7-13(11-22)19-17-20-14-3-1-2-4-15(14)21-17/h1-6,8-9,13H,7,10-11H2,(H2,19,20,21). The average Bonchev–Trinajstić information content (AvgIpc) is 3.21. The van der Waals surface area contributed by atoms with Gasteiger partial charge in [0.1, 0.15) is 0 Å². The highest BCUT2D eigenvalue weighted by atomic mass is 16.2. The van der Waals surface area contributed by atoms with E-state index in [9.17, 15) is 4.79 Å². The van der Waals surface area contributed by atoms with Gasteiger partial charge in [-0.25, -0.2) is 4.98 Å². The van der Waals surface area contributed by atoms with Crippen molar-refractivity contribution in [3.05, 3.63) is 54.4 Å². The van der Waals surface area contributed by atoms with Gasteiger partial charge in [-0.15, -0.1) is 0 Å². The lowest BCUT2D eigenvalue weighted by Crippen LogP contribution is -2.31. The van der Waals surface area contributed by atoms with Gasteiger partial charge in [0.25, 0.3) is 5.91 Å². The van der Waals surface area contributed by atoms with Crippen LogP contribution in [0.5, 0.6) is 0 Å². The Labute approximate surface area is 133 Å². The second-order valence-corrected chi connectivity index (χ2v) is 5.72. The molecule has 0 radical (unpaired) electrons. The van der Waals surface area contributed by atoms with E-state index >= 15 is 0 Å². The highest BCUT2D eigenvalue weighted by molar-refractivity contribution is 5.94. The van der Waals surface area contributed by atoms with Crippen molar-refractivity contribution in [2.24, 2.45) is 0 Å². The molecule has 3 heterocycles. The summed E-state index contributed by atoms with van der Waals surface area (Å²) in [5.74, 6) is 0.815. The van der Waals surface area contributed by atoms with E-state index in [2.05, 4.69) is 20.3 Å². The summed E-state index contributed by atoms with van der Waals surface area (Å²) < 4.78 is 0. The van der Waals surface area contributed by atoms with E-state index in [4.69, 9.17) is 0 Å². The molecule has 0 aliphatic carbocycles. The topological polar surface area (TPSA) is 73.9 Å². The molecule has 2 aromatic heterocycles. The third-order valence-corrected chi connectivity index (χ3v) is 4.13. The summed E-state index contributed by atoms with van der Waals surface area (Å²) in [6.45, 7) is 1.43. The highest BCUT2D eigenvalue weighted by Gasteiger charge is 2.27. The molecule has 0 bridgehead atoms. The number of hydrogen-bond donors (Lipinski definition) is 2. The number of likely N-dealkylation sites (tertiary alicyclic amines) is 1. The number of imidazole rings is 1. The Hall–Kier alpha value is -2.89. The predicted octanol–water partition coefficient (Wildman–Crippen LogP) is 2.28. The number of pyridine rings is 1. The zero-order chi connectivity index (χ0) is 15.6. The molecule has 1 fully saturated rings. The van der Waals surface area contributed by atoms with E-state index in [1.54, 1.807) is 24.5 Å². The Kier molecular flexibility index (Phi) is 3.42. The smallest absolute Gasteiger partial charge is 0.254 e. The van der Waals surface area contributed by atoms with E-state index in [0.29, 0.717) is 12.1 Å². The second-order valence-electron chi connectivity index (χ2n) is 5.72. The lowest BCUT2D eigenvalue weighted by molar-refractivity contribution is 0.0791. The lowest BCUT2D eigenvalue weighted by atomic mass is 10.2. The molecule has 1 atom stereocenters. The fraction of sp³-hybridized carbons (Fsp3) is 0.235. The van der Waals surface area contributed by atoms with Crippen molar-refractivity contribution in [2.45, 2.75) is 12.5 Å². The maximum Gasteiger partial charge on any atom is 0.254 e. The zero-order valence-corrected chi connectivity index (χ0v) is 12.6. The molecule has 1 unspecified atom stereocenters. The molecule has 6 heteroatoms. The van der Waals surface area contributed by atoms with Crippen molar-refractivity contribution < 1.29 is 4.79 Å². The number of H-pyrrole nitrogens is 1. The number of carbonyl (C=O) groups excluding carboxylic acids is 1. The summed E-state index contributed by atoms with van der Waals surface area (Å²) in [4.78, 5) is 26.0. The molecular formula is C17H17N5O. The van der Waals surface area contributed by atoms with E-state index < -0.39 is 0 Å². The van der Waals surface area contributed by atoms with Crippen LogP contribution in [-0.4, -0.2) is 44.9 Å². The Bertz CT molecular complexity index is 796. The zero-order valence-electron chi connectivity index (χ0n) is 12.6. The molecule has 2 N–H and O–H groups in total. The van der Waals surface area contributed by atoms with Crippen LogP contribution < -0.4 is 5.32 Å². The van der Waals surface area contributed by atoms with Crippen molar-refractivity contribution >= 4 is 22.9 Å². The van der Waals surface area contributed by atoms with Gasteiger partial charge in [0.15, 0.2) is 0 Å². The number of nitrogens with zero attached hydrogens (tertiary/aromatic N) is 3. The van der Waals surface area contributed by atoms with Gasteiger partial charge in [0, 0.05) is 37.1 Å². The SMILES string of the molecule is O=C(c1ccncc1)N1CCC(Nc2nc3ccccc3[nH]2)C1. The van der Waals surface area contributed by atoms with Crippen LogP contribution in [0.15, 0.2) is 48.8 Å². The molecule has 3 aromatic rings. The molecule has 1 aliphatic heterocycles. The number of hydrogen-bond acceptors (Lipinski definition) is 4. The molecule has 4 rings (SSSR count). The van der Waals surface area contributed by atoms with Gasteiger partial charge in [-0.2, -0.15) is 0 Å². The first-order chi connectivity index (χ1) is 11.3. The first-order valence-corrected chi connectivity index (χ1v) is 7.70. The third kappa shape index (κ3) is 2.75. The van der Waals surface area contributed by atoms with E-state index in [1.807, 2.05) is 29.2 Å². The van der Waals surface area contributed by atoms with Crippen LogP contribution >= 0.6 is 0 Å². The number of amides is 1. The first kappa shape index (κ1) is 13.8. The number of anilines is 1. The third-order valence-electron chi connectivity index (χ3n) is 4.13. The highest BCUT2D eigenvalue weighted by Crippen LogP contribution is 2.19. The average molecular weight is 307 g/mol. The monoisotopic (exact) mass is 307 g/mol. The van der Waals surface area contributed by atoms with Gasteiger partial charge in [0.2, 0.25) is 5.95 Å². The number of aromatic nitrogens is 3. The van der Waals surface area contributed by atoms with Gasteiger partial charge >= 0.3 is 0 Å². The number of fused-ring (bicyclic) bond motifs is 1. The summed E-state index contributed by atoms with van der Waals surface area (Å²) in [6, 6.07) is 11.6. The minimum atomic E-state index is 0.0568. The fourth-order valence-electron chi connectivity index (χ4n) is 2.95. The Morgan fingerprint density at radius 1 is 1.22 bits per heavy atom. The van der Waals surface area contributed by atoms with E-state index in [0.717, 1.165) is 29.9 Å². The number of benzene rings is 1. The van der Waals surface area contributed by atoms with Gasteiger partial charge in [-0.1, -0.05) is 12.1 Å². The molecule has 1 saturated heterocycles. The number of carbonyl (C=O) groups is 1. The Morgan fingerprint density at radius 2 is 2.04 bits per heavy atom. The van der Waals surface area contributed by atoms with Crippen molar-refractivity contribution in [2.75, 3.05) is 18.4 Å². The fourth-order valence-corrected chi connectivity index (χ4v) is 2.95. The van der Waals surface area contributed by atoms with Crippen LogP contribution in [0.4, 0.5) is 5.95 Å². The molecular weight excluding hydrogens is 290 g/mol. The molecule has 1 amide bonds. The minimum Gasteiger partial charge on any atom is -0.351 e. The second kappa shape index (κ2) is 5.72. The lowest BCUT2D eigenvalue weighted by Gasteiger charge is -2.16. The summed E-state index contributed by atoms with van der Waals surface area (Å²) in [6.07, 6.45) is 4.20. The number of rotatable bonds is 3. The minimum absolute atomic E-state index is 0.0568. The molecule has 6 nitrogen and oxygen atoms in total. The number of para-hydroxylation sites is 2. The molecule has 116 valence electrons. The maximum atomic E-state index is 12.4. The van der Waals surface area contributed by atoms with E-state index in [-0.39, 0.29) is 11.9 Å². The van der Waals surface area contributed by atoms with Crippen LogP contribution in [0.1, 0.15) is 16.8 Å². The normalized spacial score (nSPS) is 17.6. The quantitative estimate of drug-likeness (QED) is 0.778. The molecule has 0 spiro atoms. The van der Waals surface area contributed by atoms with Crippen LogP contribution in [0.2, 0.25) is 0 Å². The summed E-state index contributed by atoms with van der Waals surface area (Å²) in [5.41, 5.74) is 2.64. The van der Waals surface area contributed by atoms with Crippen LogP contribution in [0.3, 0.4) is 0 Å². The van der Waals surface area contributed by atoms with Crippen LogP contribution in [0.25, 0.3) is 11.0 Å².